The average molecular weight is 505 g/mol. The smallest absolute Gasteiger partial charge is 0.259 e. The molecule has 0 aliphatic carbocycles. The fourth-order valence-electron chi connectivity index (χ4n) is 4.07. The van der Waals surface area contributed by atoms with E-state index in [9.17, 15) is 18.0 Å². The van der Waals surface area contributed by atoms with Gasteiger partial charge in [-0.2, -0.15) is 0 Å². The second kappa shape index (κ2) is 9.29. The van der Waals surface area contributed by atoms with Crippen LogP contribution in [0.5, 0.6) is 0 Å². The Morgan fingerprint density at radius 3 is 2.81 bits per heavy atom. The number of fused-ring (bicyclic) bond motifs is 2. The Morgan fingerprint density at radius 2 is 1.97 bits per heavy atom. The molecule has 9 nitrogen and oxygen atoms in total. The van der Waals surface area contributed by atoms with Gasteiger partial charge in [0.25, 0.3) is 11.5 Å². The van der Waals surface area contributed by atoms with Crippen molar-refractivity contribution in [2.75, 3.05) is 12.4 Å². The minimum atomic E-state index is -3.51. The van der Waals surface area contributed by atoms with Gasteiger partial charge < -0.3 is 14.6 Å². The zero-order valence-corrected chi connectivity index (χ0v) is 20.6. The van der Waals surface area contributed by atoms with Gasteiger partial charge in [0.1, 0.15) is 0 Å². The maximum Gasteiger partial charge on any atom is 0.259 e. The predicted molar refractivity (Wildman–Crippen MR) is 134 cm³/mol. The molecule has 10 heteroatoms. The van der Waals surface area contributed by atoms with Crippen LogP contribution < -0.4 is 10.9 Å². The highest BCUT2D eigenvalue weighted by molar-refractivity contribution is 7.91. The molecule has 0 atom stereocenters. The van der Waals surface area contributed by atoms with Gasteiger partial charge in [0.05, 0.1) is 52.9 Å². The number of sulfone groups is 1. The van der Waals surface area contributed by atoms with E-state index in [1.54, 1.807) is 48.1 Å². The van der Waals surface area contributed by atoms with Crippen LogP contribution in [-0.4, -0.2) is 41.2 Å². The second-order valence-electron chi connectivity index (χ2n) is 8.69. The molecule has 1 amide bonds. The number of hydrogen-bond donors (Lipinski definition) is 1. The molecule has 1 aliphatic heterocycles. The van der Waals surface area contributed by atoms with E-state index in [4.69, 9.17) is 4.74 Å². The van der Waals surface area contributed by atoms with Crippen LogP contribution in [0, 0.1) is 6.92 Å². The number of carbonyl (C=O) groups excluding carboxylic acids is 1. The molecule has 1 aromatic carbocycles. The van der Waals surface area contributed by atoms with E-state index >= 15 is 0 Å². The SMILES string of the molecule is Cc1ccc(-c2ccc3cnc(CNC(=O)c4ccc5c(c4)S(=O)(=O)CCOC5)cc3n2)c(=O)n1C. The van der Waals surface area contributed by atoms with E-state index in [1.807, 2.05) is 19.1 Å². The Hall–Kier alpha value is -3.89. The van der Waals surface area contributed by atoms with Gasteiger partial charge in [0, 0.05) is 29.9 Å². The van der Waals surface area contributed by atoms with Crippen LogP contribution in [0.3, 0.4) is 0 Å². The Labute approximate surface area is 207 Å². The van der Waals surface area contributed by atoms with Crippen LogP contribution in [0.15, 0.2) is 64.4 Å². The van der Waals surface area contributed by atoms with Crippen LogP contribution in [0.25, 0.3) is 22.2 Å². The first kappa shape index (κ1) is 23.8. The summed E-state index contributed by atoms with van der Waals surface area (Å²) < 4.78 is 31.9. The summed E-state index contributed by atoms with van der Waals surface area (Å²) in [5.41, 5.74) is 3.80. The summed E-state index contributed by atoms with van der Waals surface area (Å²) in [5.74, 6) is -0.527. The third-order valence-corrected chi connectivity index (χ3v) is 8.06. The van der Waals surface area contributed by atoms with Crippen LogP contribution in [0.1, 0.15) is 27.3 Å². The zero-order valence-electron chi connectivity index (χ0n) is 19.8. The molecule has 1 aliphatic rings. The average Bonchev–Trinajstić information content (AvgIpc) is 3.02. The lowest BCUT2D eigenvalue weighted by atomic mass is 10.1. The fourth-order valence-corrected chi connectivity index (χ4v) is 5.46. The van der Waals surface area contributed by atoms with Gasteiger partial charge in [-0.25, -0.2) is 13.4 Å². The number of ether oxygens (including phenoxy) is 1. The molecule has 4 aromatic rings. The van der Waals surface area contributed by atoms with E-state index in [1.165, 1.54) is 6.07 Å². The lowest BCUT2D eigenvalue weighted by Crippen LogP contribution is -2.24. The Bertz CT molecular complexity index is 1680. The Balaban J connectivity index is 1.38. The maximum absolute atomic E-state index is 12.8. The molecule has 0 saturated heterocycles. The molecule has 0 spiro atoms. The van der Waals surface area contributed by atoms with Gasteiger partial charge in [-0.15, -0.1) is 0 Å². The number of carbonyl (C=O) groups is 1. The predicted octanol–water partition coefficient (Wildman–Crippen LogP) is 2.54. The van der Waals surface area contributed by atoms with E-state index < -0.39 is 15.7 Å². The van der Waals surface area contributed by atoms with E-state index in [0.717, 1.165) is 11.1 Å². The van der Waals surface area contributed by atoms with Crippen molar-refractivity contribution < 1.29 is 17.9 Å². The highest BCUT2D eigenvalue weighted by atomic mass is 32.2. The molecule has 0 bridgehead atoms. The minimum Gasteiger partial charge on any atom is -0.376 e. The summed E-state index contributed by atoms with van der Waals surface area (Å²) in [6, 6.07) is 13.6. The molecule has 1 N–H and O–H groups in total. The number of aromatic nitrogens is 3. The van der Waals surface area contributed by atoms with Crippen molar-refractivity contribution in [1.29, 1.82) is 0 Å². The van der Waals surface area contributed by atoms with Crippen molar-refractivity contribution in [3.63, 3.8) is 0 Å². The number of nitrogens with one attached hydrogen (secondary N) is 1. The largest absolute Gasteiger partial charge is 0.376 e. The van der Waals surface area contributed by atoms with E-state index in [-0.39, 0.29) is 41.5 Å². The molecule has 184 valence electrons. The third kappa shape index (κ3) is 4.52. The highest BCUT2D eigenvalue weighted by Gasteiger charge is 2.23. The molecular formula is C26H24N4O5S. The Kier molecular flexibility index (Phi) is 6.15. The maximum atomic E-state index is 12.8. The molecule has 5 rings (SSSR count). The molecule has 4 heterocycles. The van der Waals surface area contributed by atoms with E-state index in [2.05, 4.69) is 15.3 Å². The van der Waals surface area contributed by atoms with Crippen molar-refractivity contribution in [1.82, 2.24) is 19.9 Å². The summed E-state index contributed by atoms with van der Waals surface area (Å²) in [6.45, 7) is 2.31. The van der Waals surface area contributed by atoms with Gasteiger partial charge in [-0.3, -0.25) is 14.6 Å². The molecule has 0 saturated carbocycles. The van der Waals surface area contributed by atoms with Crippen molar-refractivity contribution in [2.45, 2.75) is 25.0 Å². The van der Waals surface area contributed by atoms with Crippen LogP contribution in [-0.2, 0) is 34.8 Å². The van der Waals surface area contributed by atoms with Crippen LogP contribution >= 0.6 is 0 Å². The lowest BCUT2D eigenvalue weighted by molar-refractivity contribution is 0.0950. The van der Waals surface area contributed by atoms with Crippen LogP contribution in [0.2, 0.25) is 0 Å². The number of rotatable bonds is 4. The standard InChI is InChI=1S/C26H24N4O5S/c1-16-3-7-21(26(32)30(16)2)22-8-6-18-13-27-20(12-23(18)29-22)14-28-25(31)17-4-5-19-15-35-9-10-36(33,34)24(19)11-17/h3-8,11-13H,9-10,14-15H2,1-2H3,(H,28,31). The van der Waals surface area contributed by atoms with Crippen molar-refractivity contribution in [3.8, 4) is 11.3 Å². The fraction of sp³-hybridized carbons (Fsp3) is 0.231. The molecule has 36 heavy (non-hydrogen) atoms. The summed E-state index contributed by atoms with van der Waals surface area (Å²) in [5, 5.41) is 3.59. The quantitative estimate of drug-likeness (QED) is 0.453. The van der Waals surface area contributed by atoms with Gasteiger partial charge in [-0.1, -0.05) is 6.07 Å². The molecule has 0 fully saturated rings. The zero-order chi connectivity index (χ0) is 25.4. The molecule has 3 aromatic heterocycles. The second-order valence-corrected chi connectivity index (χ2v) is 10.8. The third-order valence-electron chi connectivity index (χ3n) is 6.31. The summed E-state index contributed by atoms with van der Waals surface area (Å²) >= 11 is 0. The van der Waals surface area contributed by atoms with Crippen molar-refractivity contribution in [3.05, 3.63) is 87.6 Å². The van der Waals surface area contributed by atoms with E-state index in [0.29, 0.717) is 28.0 Å². The number of amides is 1. The first-order valence-electron chi connectivity index (χ1n) is 11.4. The number of aryl methyl sites for hydroxylation is 1. The van der Waals surface area contributed by atoms with Gasteiger partial charge in [-0.05, 0) is 55.0 Å². The highest BCUT2D eigenvalue weighted by Crippen LogP contribution is 2.23. The van der Waals surface area contributed by atoms with Crippen molar-refractivity contribution >= 4 is 26.6 Å². The number of benzene rings is 1. The summed E-state index contributed by atoms with van der Waals surface area (Å²) in [6.07, 6.45) is 1.66. The van der Waals surface area contributed by atoms with Gasteiger partial charge in [0.15, 0.2) is 9.84 Å². The molecule has 0 unspecified atom stereocenters. The number of nitrogens with zero attached hydrogens (tertiary/aromatic N) is 3. The summed E-state index contributed by atoms with van der Waals surface area (Å²) in [4.78, 5) is 34.6. The molecule has 0 radical (unpaired) electrons. The first-order chi connectivity index (χ1) is 17.2. The van der Waals surface area contributed by atoms with Crippen molar-refractivity contribution in [2.24, 2.45) is 7.05 Å². The monoisotopic (exact) mass is 504 g/mol. The lowest BCUT2D eigenvalue weighted by Gasteiger charge is -2.10. The number of hydrogen-bond acceptors (Lipinski definition) is 7. The normalized spacial score (nSPS) is 14.7. The molecular weight excluding hydrogens is 480 g/mol. The van der Waals surface area contributed by atoms with Crippen LogP contribution in [0.4, 0.5) is 0 Å². The van der Waals surface area contributed by atoms with Gasteiger partial charge in [0.2, 0.25) is 0 Å². The summed E-state index contributed by atoms with van der Waals surface area (Å²) in [7, 11) is -1.79. The number of pyridine rings is 3. The Morgan fingerprint density at radius 1 is 1.14 bits per heavy atom. The first-order valence-corrected chi connectivity index (χ1v) is 13.0. The topological polar surface area (TPSA) is 120 Å². The van der Waals surface area contributed by atoms with Gasteiger partial charge >= 0.3 is 0 Å². The minimum absolute atomic E-state index is 0.115.